The second-order valence-electron chi connectivity index (χ2n) is 10.8. The third-order valence-corrected chi connectivity index (χ3v) is 7.40. The van der Waals surface area contributed by atoms with Crippen LogP contribution in [0.3, 0.4) is 0 Å². The van der Waals surface area contributed by atoms with Gasteiger partial charge in [0, 0.05) is 0 Å². The fraction of sp³-hybridized carbons (Fsp3) is 0.300. The first-order valence-corrected chi connectivity index (χ1v) is 23.1. The average Bonchev–Trinajstić information content (AvgIpc) is 3.38. The number of hydrogen-bond donors (Lipinski definition) is 0. The average molecular weight is 807 g/mol. The molecule has 0 radical (unpaired) electrons. The Labute approximate surface area is 372 Å². The first-order valence-electron chi connectivity index (χ1n) is 23.1. The van der Waals surface area contributed by atoms with Gasteiger partial charge in [0.1, 0.15) is 0 Å². The van der Waals surface area contributed by atoms with Crippen molar-refractivity contribution in [1.82, 2.24) is 0 Å². The Morgan fingerprint density at radius 3 is 0.600 bits per heavy atom. The van der Waals surface area contributed by atoms with Gasteiger partial charge in [0.2, 0.25) is 0 Å². The molecule has 0 N–H and O–H groups in total. The predicted molar refractivity (Wildman–Crippen MR) is 281 cm³/mol. The van der Waals surface area contributed by atoms with E-state index in [1.54, 1.807) is 0 Å². The van der Waals surface area contributed by atoms with E-state index in [9.17, 15) is 0 Å². The topological polar surface area (TPSA) is 0 Å². The van der Waals surface area contributed by atoms with Gasteiger partial charge < -0.3 is 0 Å². The number of hydrogen-bond acceptors (Lipinski definition) is 0. The van der Waals surface area contributed by atoms with Gasteiger partial charge in [-0.05, 0) is 64.4 Å². The molecule has 0 atom stereocenters. The second kappa shape index (κ2) is 46.2. The van der Waals surface area contributed by atoms with Gasteiger partial charge >= 0.3 is 0 Å². The van der Waals surface area contributed by atoms with Gasteiger partial charge in [-0.15, -0.1) is 0 Å². The van der Waals surface area contributed by atoms with Gasteiger partial charge in [-0.1, -0.05) is 310 Å². The highest BCUT2D eigenvalue weighted by molar-refractivity contribution is 5.73. The molecule has 0 spiro atoms. The molecule has 7 aromatic carbocycles. The Balaban J connectivity index is -0.000000357. The SMILES string of the molecule is CC.CC.CC.CC.CC.CC.CC.CC.Cc1ccc(-c2ccc(-c3ccccc3)cc2)cc1.Cc1ccc(-c2cccc(-c3ccccc3)c2)cc1.c1ccccc1. The van der Waals surface area contributed by atoms with Gasteiger partial charge in [0.25, 0.3) is 0 Å². The normalized spacial score (nSPS) is 8.17. The summed E-state index contributed by atoms with van der Waals surface area (Å²) in [7, 11) is 0. The molecule has 0 fully saturated rings. The van der Waals surface area contributed by atoms with Gasteiger partial charge in [0.05, 0.1) is 0 Å². The van der Waals surface area contributed by atoms with Crippen LogP contribution in [0.5, 0.6) is 0 Å². The summed E-state index contributed by atoms with van der Waals surface area (Å²) >= 11 is 0. The summed E-state index contributed by atoms with van der Waals surface area (Å²) in [5.74, 6) is 0. The minimum absolute atomic E-state index is 1.26. The van der Waals surface area contributed by atoms with Crippen LogP contribution in [0.2, 0.25) is 0 Å². The monoisotopic (exact) mass is 807 g/mol. The second-order valence-corrected chi connectivity index (χ2v) is 10.8. The zero-order valence-electron chi connectivity index (χ0n) is 41.5. The molecule has 0 nitrogen and oxygen atoms in total. The van der Waals surface area contributed by atoms with E-state index in [0.717, 1.165) is 0 Å². The van der Waals surface area contributed by atoms with Crippen molar-refractivity contribution in [2.45, 2.75) is 125 Å². The van der Waals surface area contributed by atoms with Crippen molar-refractivity contribution in [3.8, 4) is 44.5 Å². The Morgan fingerprint density at radius 1 is 0.167 bits per heavy atom. The van der Waals surface area contributed by atoms with Crippen LogP contribution >= 0.6 is 0 Å². The third-order valence-electron chi connectivity index (χ3n) is 7.40. The number of benzene rings is 7. The van der Waals surface area contributed by atoms with Crippen molar-refractivity contribution in [2.24, 2.45) is 0 Å². The molecule has 0 bridgehead atoms. The number of aryl methyl sites for hydroxylation is 2. The minimum Gasteiger partial charge on any atom is -0.0683 e. The van der Waals surface area contributed by atoms with E-state index in [-0.39, 0.29) is 0 Å². The molecule has 0 heterocycles. The maximum Gasteiger partial charge on any atom is -0.0178 e. The van der Waals surface area contributed by atoms with Crippen molar-refractivity contribution >= 4 is 0 Å². The molecule has 7 aromatic rings. The Hall–Kier alpha value is -5.46. The van der Waals surface area contributed by atoms with Crippen molar-refractivity contribution in [1.29, 1.82) is 0 Å². The maximum absolute atomic E-state index is 2.25. The van der Waals surface area contributed by atoms with E-state index in [0.29, 0.717) is 0 Å². The summed E-state index contributed by atoms with van der Waals surface area (Å²) in [6, 6.07) is 67.7. The largest absolute Gasteiger partial charge is 0.0683 e. The first-order chi connectivity index (χ1) is 29.7. The van der Waals surface area contributed by atoms with Crippen LogP contribution in [0.1, 0.15) is 122 Å². The lowest BCUT2D eigenvalue weighted by molar-refractivity contribution is 1.47. The molecule has 0 aliphatic heterocycles. The summed E-state index contributed by atoms with van der Waals surface area (Å²) in [6.07, 6.45) is 0. The quantitative estimate of drug-likeness (QED) is 0.166. The van der Waals surface area contributed by atoms with E-state index >= 15 is 0 Å². The van der Waals surface area contributed by atoms with E-state index in [1.807, 2.05) is 159 Å². The van der Waals surface area contributed by atoms with E-state index < -0.39 is 0 Å². The van der Waals surface area contributed by atoms with E-state index in [4.69, 9.17) is 0 Å². The van der Waals surface area contributed by atoms with Crippen LogP contribution in [0.25, 0.3) is 44.5 Å². The van der Waals surface area contributed by atoms with E-state index in [1.165, 1.54) is 55.6 Å². The van der Waals surface area contributed by atoms with Gasteiger partial charge in [-0.25, -0.2) is 0 Å². The molecular formula is C60H86. The van der Waals surface area contributed by atoms with Gasteiger partial charge in [-0.2, -0.15) is 0 Å². The lowest BCUT2D eigenvalue weighted by Crippen LogP contribution is -1.81. The molecule has 60 heavy (non-hydrogen) atoms. The molecule has 326 valence electrons. The van der Waals surface area contributed by atoms with Crippen LogP contribution < -0.4 is 0 Å². The van der Waals surface area contributed by atoms with E-state index in [2.05, 4.69) is 159 Å². The molecule has 0 heteroatoms. The minimum atomic E-state index is 1.26. The van der Waals surface area contributed by atoms with Crippen LogP contribution in [-0.2, 0) is 0 Å². The highest BCUT2D eigenvalue weighted by Crippen LogP contribution is 2.27. The fourth-order valence-corrected chi connectivity index (χ4v) is 4.87. The Kier molecular flexibility index (Phi) is 47.2. The smallest absolute Gasteiger partial charge is 0.0178 e. The lowest BCUT2D eigenvalue weighted by atomic mass is 9.99. The van der Waals surface area contributed by atoms with Crippen LogP contribution in [0.4, 0.5) is 0 Å². The van der Waals surface area contributed by atoms with Crippen LogP contribution in [-0.4, -0.2) is 0 Å². The third kappa shape index (κ3) is 26.5. The molecule has 0 aliphatic carbocycles. The summed E-state index contributed by atoms with van der Waals surface area (Å²) in [5, 5.41) is 0. The molecule has 0 aromatic heterocycles. The van der Waals surface area contributed by atoms with Gasteiger partial charge in [-0.3, -0.25) is 0 Å². The number of rotatable bonds is 4. The summed E-state index contributed by atoms with van der Waals surface area (Å²) in [5.41, 5.74) is 12.7. The molecule has 0 amide bonds. The highest BCUT2D eigenvalue weighted by atomic mass is 14.1. The zero-order valence-corrected chi connectivity index (χ0v) is 41.5. The molecule has 0 saturated heterocycles. The molecule has 0 saturated carbocycles. The van der Waals surface area contributed by atoms with Crippen molar-refractivity contribution < 1.29 is 0 Å². The van der Waals surface area contributed by atoms with Crippen molar-refractivity contribution in [2.75, 3.05) is 0 Å². The zero-order chi connectivity index (χ0) is 46.4. The Morgan fingerprint density at radius 2 is 0.333 bits per heavy atom. The molecule has 7 rings (SSSR count). The lowest BCUT2D eigenvalue weighted by Gasteiger charge is -2.06. The molecule has 0 aliphatic rings. The Bertz CT molecular complexity index is 1770. The standard InChI is InChI=1S/2C19H16.C6H6.8C2H6/c1-15-10-12-17(13-11-15)19-9-5-8-18(14-19)16-6-3-2-4-7-16;1-15-7-9-17(10-8-15)19-13-11-18(12-14-19)16-5-3-2-4-6-16;1-2-4-6-5-3-1;8*1-2/h2*2-14H,1H3;1-6H;8*1-2H3. The van der Waals surface area contributed by atoms with Crippen LogP contribution in [0.15, 0.2) is 194 Å². The molecule has 0 unspecified atom stereocenters. The maximum atomic E-state index is 2.25. The van der Waals surface area contributed by atoms with Gasteiger partial charge in [0.15, 0.2) is 0 Å². The van der Waals surface area contributed by atoms with Crippen LogP contribution in [0, 0.1) is 13.8 Å². The summed E-state index contributed by atoms with van der Waals surface area (Å²) < 4.78 is 0. The van der Waals surface area contributed by atoms with Crippen molar-refractivity contribution in [3.05, 3.63) is 205 Å². The summed E-state index contributed by atoms with van der Waals surface area (Å²) in [4.78, 5) is 0. The first kappa shape index (κ1) is 61.2. The summed E-state index contributed by atoms with van der Waals surface area (Å²) in [6.45, 7) is 36.2. The predicted octanol–water partition coefficient (Wildman–Crippen LogP) is 20.6. The fourth-order valence-electron chi connectivity index (χ4n) is 4.87. The highest BCUT2D eigenvalue weighted by Gasteiger charge is 2.02. The van der Waals surface area contributed by atoms with Crippen molar-refractivity contribution in [3.63, 3.8) is 0 Å². The molecular weight excluding hydrogens is 721 g/mol.